The number of rotatable bonds is 4. The molecule has 3 heterocycles. The maximum atomic E-state index is 14.3. The highest BCUT2D eigenvalue weighted by molar-refractivity contribution is 5.96. The normalized spacial score (nSPS) is 18.2. The van der Waals surface area contributed by atoms with Gasteiger partial charge in [0.25, 0.3) is 5.91 Å². The minimum atomic E-state index is -0.978. The van der Waals surface area contributed by atoms with Crippen LogP contribution in [0.1, 0.15) is 21.8 Å². The van der Waals surface area contributed by atoms with Gasteiger partial charge in [0.05, 0.1) is 12.0 Å². The number of nitrogens with one attached hydrogen (secondary N) is 1. The molecule has 2 aliphatic heterocycles. The average molecular weight is 400 g/mol. The lowest BCUT2D eigenvalue weighted by Crippen LogP contribution is -2.67. The molecule has 4 rings (SSSR count). The minimum absolute atomic E-state index is 0.0334. The van der Waals surface area contributed by atoms with Crippen LogP contribution < -0.4 is 5.32 Å². The first-order valence-electron chi connectivity index (χ1n) is 9.40. The van der Waals surface area contributed by atoms with Crippen molar-refractivity contribution in [2.75, 3.05) is 32.7 Å². The van der Waals surface area contributed by atoms with Gasteiger partial charge in [0.1, 0.15) is 11.6 Å². The van der Waals surface area contributed by atoms with Gasteiger partial charge < -0.3 is 19.6 Å². The molecule has 9 heteroatoms. The first-order valence-corrected chi connectivity index (χ1v) is 9.40. The van der Waals surface area contributed by atoms with Gasteiger partial charge in [-0.3, -0.25) is 14.4 Å². The van der Waals surface area contributed by atoms with Crippen LogP contribution in [0.5, 0.6) is 0 Å². The number of piperazine rings is 1. The van der Waals surface area contributed by atoms with Crippen LogP contribution in [0, 0.1) is 18.2 Å². The van der Waals surface area contributed by atoms with Crippen LogP contribution in [0.25, 0.3) is 0 Å². The van der Waals surface area contributed by atoms with Crippen molar-refractivity contribution < 1.29 is 23.3 Å². The zero-order valence-electron chi connectivity index (χ0n) is 16.0. The van der Waals surface area contributed by atoms with E-state index in [-0.39, 0.29) is 49.5 Å². The summed E-state index contributed by atoms with van der Waals surface area (Å²) in [6.45, 7) is 2.68. The largest absolute Gasteiger partial charge is 0.361 e. The second kappa shape index (κ2) is 7.31. The number of aromatic nitrogens is 1. The van der Waals surface area contributed by atoms with E-state index >= 15 is 0 Å². The topological polar surface area (TPSA) is 95.8 Å². The third-order valence-corrected chi connectivity index (χ3v) is 5.39. The van der Waals surface area contributed by atoms with Crippen molar-refractivity contribution in [3.8, 4) is 0 Å². The first kappa shape index (κ1) is 19.1. The van der Waals surface area contributed by atoms with Gasteiger partial charge in [0.2, 0.25) is 11.8 Å². The van der Waals surface area contributed by atoms with Crippen LogP contribution in [0.2, 0.25) is 0 Å². The Hall–Kier alpha value is -3.23. The monoisotopic (exact) mass is 400 g/mol. The van der Waals surface area contributed by atoms with E-state index in [9.17, 15) is 18.8 Å². The average Bonchev–Trinajstić information content (AvgIpc) is 3.11. The molecule has 2 fully saturated rings. The van der Waals surface area contributed by atoms with E-state index in [4.69, 9.17) is 4.52 Å². The molecule has 1 aromatic heterocycles. The van der Waals surface area contributed by atoms with Gasteiger partial charge in [-0.25, -0.2) is 4.39 Å². The number of hydrogen-bond donors (Lipinski definition) is 1. The number of likely N-dealkylation sites (tertiary alicyclic amines) is 1. The molecule has 2 aliphatic rings. The van der Waals surface area contributed by atoms with Gasteiger partial charge in [0.15, 0.2) is 5.69 Å². The molecular weight excluding hydrogens is 379 g/mol. The van der Waals surface area contributed by atoms with Crippen LogP contribution in [0.15, 0.2) is 34.9 Å². The molecule has 1 N–H and O–H groups in total. The zero-order valence-corrected chi connectivity index (χ0v) is 16.0. The standard InChI is InChI=1S/C20H21FN4O4/c1-13-8-16(23-29-13)18(27)25-11-20(12-25,9-14-4-2-3-5-15(14)21)19(28)24-7-6-22-17(26)10-24/h2-5,8H,6-7,9-12H2,1H3,(H,22,26). The van der Waals surface area contributed by atoms with Gasteiger partial charge in [-0.15, -0.1) is 0 Å². The highest BCUT2D eigenvalue weighted by Gasteiger charge is 2.53. The van der Waals surface area contributed by atoms with Crippen molar-refractivity contribution in [1.29, 1.82) is 0 Å². The molecule has 8 nitrogen and oxygen atoms in total. The maximum absolute atomic E-state index is 14.3. The number of amides is 3. The molecule has 2 saturated heterocycles. The highest BCUT2D eigenvalue weighted by atomic mass is 19.1. The van der Waals surface area contributed by atoms with Gasteiger partial charge >= 0.3 is 0 Å². The molecule has 0 spiro atoms. The molecule has 152 valence electrons. The Morgan fingerprint density at radius 1 is 1.28 bits per heavy atom. The third-order valence-electron chi connectivity index (χ3n) is 5.39. The Bertz CT molecular complexity index is 967. The summed E-state index contributed by atoms with van der Waals surface area (Å²) in [4.78, 5) is 40.7. The van der Waals surface area contributed by atoms with E-state index < -0.39 is 11.2 Å². The molecule has 0 aliphatic carbocycles. The summed E-state index contributed by atoms with van der Waals surface area (Å²) < 4.78 is 19.2. The van der Waals surface area contributed by atoms with Gasteiger partial charge in [-0.1, -0.05) is 23.4 Å². The van der Waals surface area contributed by atoms with E-state index in [2.05, 4.69) is 10.5 Å². The highest BCUT2D eigenvalue weighted by Crippen LogP contribution is 2.38. The van der Waals surface area contributed by atoms with E-state index in [1.54, 1.807) is 25.1 Å². The smallest absolute Gasteiger partial charge is 0.276 e. The Labute approximate surface area is 166 Å². The number of aryl methyl sites for hydroxylation is 1. The fourth-order valence-corrected chi connectivity index (χ4v) is 3.93. The molecule has 0 unspecified atom stereocenters. The number of halogens is 1. The van der Waals surface area contributed by atoms with Crippen molar-refractivity contribution in [3.05, 3.63) is 53.2 Å². The van der Waals surface area contributed by atoms with Crippen molar-refractivity contribution >= 4 is 17.7 Å². The molecule has 0 bridgehead atoms. The molecule has 0 atom stereocenters. The fourth-order valence-electron chi connectivity index (χ4n) is 3.93. The summed E-state index contributed by atoms with van der Waals surface area (Å²) in [5.41, 5.74) is -0.396. The predicted molar refractivity (Wildman–Crippen MR) is 99.3 cm³/mol. The number of benzene rings is 1. The fraction of sp³-hybridized carbons (Fsp3) is 0.400. The summed E-state index contributed by atoms with van der Waals surface area (Å²) in [5, 5.41) is 6.42. The minimum Gasteiger partial charge on any atom is -0.361 e. The van der Waals surface area contributed by atoms with E-state index in [0.29, 0.717) is 24.4 Å². The van der Waals surface area contributed by atoms with Crippen molar-refractivity contribution in [2.45, 2.75) is 13.3 Å². The molecule has 0 radical (unpaired) electrons. The number of carbonyl (C=O) groups excluding carboxylic acids is 3. The molecule has 2 aromatic rings. The van der Waals surface area contributed by atoms with Gasteiger partial charge in [0, 0.05) is 32.2 Å². The second-order valence-electron chi connectivity index (χ2n) is 7.61. The van der Waals surface area contributed by atoms with Crippen LogP contribution in [0.3, 0.4) is 0 Å². The molecule has 3 amide bonds. The van der Waals surface area contributed by atoms with Crippen LogP contribution >= 0.6 is 0 Å². The summed E-state index contributed by atoms with van der Waals surface area (Å²) in [6.07, 6.45) is 0.151. The van der Waals surface area contributed by atoms with Crippen LogP contribution in [-0.2, 0) is 16.0 Å². The Kier molecular flexibility index (Phi) is 4.81. The Balaban J connectivity index is 1.57. The molecular formula is C20H21FN4O4. The zero-order chi connectivity index (χ0) is 20.6. The van der Waals surface area contributed by atoms with Crippen molar-refractivity contribution in [3.63, 3.8) is 0 Å². The van der Waals surface area contributed by atoms with E-state index in [0.717, 1.165) is 0 Å². The summed E-state index contributed by atoms with van der Waals surface area (Å²) in [6, 6.07) is 7.83. The van der Waals surface area contributed by atoms with Gasteiger partial charge in [-0.05, 0) is 25.0 Å². The van der Waals surface area contributed by atoms with E-state index in [1.165, 1.54) is 21.9 Å². The molecule has 1 aromatic carbocycles. The lowest BCUT2D eigenvalue weighted by molar-refractivity contribution is -0.154. The van der Waals surface area contributed by atoms with Crippen molar-refractivity contribution in [1.82, 2.24) is 20.3 Å². The summed E-state index contributed by atoms with van der Waals surface area (Å²) in [5.74, 6) is -0.683. The Morgan fingerprint density at radius 3 is 2.69 bits per heavy atom. The lowest BCUT2D eigenvalue weighted by atomic mass is 9.73. The predicted octanol–water partition coefficient (Wildman–Crippen LogP) is 0.765. The number of hydrogen-bond acceptors (Lipinski definition) is 5. The number of carbonyl (C=O) groups is 3. The van der Waals surface area contributed by atoms with Crippen LogP contribution in [-0.4, -0.2) is 65.4 Å². The Morgan fingerprint density at radius 2 is 2.03 bits per heavy atom. The quantitative estimate of drug-likeness (QED) is 0.818. The van der Waals surface area contributed by atoms with Crippen molar-refractivity contribution in [2.24, 2.45) is 5.41 Å². The number of nitrogens with zero attached hydrogens (tertiary/aromatic N) is 3. The van der Waals surface area contributed by atoms with Gasteiger partial charge in [-0.2, -0.15) is 0 Å². The molecule has 0 saturated carbocycles. The van der Waals surface area contributed by atoms with Crippen LogP contribution in [0.4, 0.5) is 4.39 Å². The molecule has 29 heavy (non-hydrogen) atoms. The summed E-state index contributed by atoms with van der Waals surface area (Å²) >= 11 is 0. The SMILES string of the molecule is Cc1cc(C(=O)N2CC(Cc3ccccc3F)(C(=O)N3CCNC(=O)C3)C2)no1. The summed E-state index contributed by atoms with van der Waals surface area (Å²) in [7, 11) is 0. The van der Waals surface area contributed by atoms with E-state index in [1.807, 2.05) is 0 Å². The first-order chi connectivity index (χ1) is 13.9. The second-order valence-corrected chi connectivity index (χ2v) is 7.61. The third kappa shape index (κ3) is 3.59. The lowest BCUT2D eigenvalue weighted by Gasteiger charge is -2.50. The maximum Gasteiger partial charge on any atom is 0.276 e.